The van der Waals surface area contributed by atoms with Crippen LogP contribution < -0.4 is 10.1 Å². The molecule has 4 rings (SSSR count). The molecule has 0 aromatic heterocycles. The van der Waals surface area contributed by atoms with Crippen LogP contribution in [0, 0.1) is 5.92 Å². The standard InChI is InChI=1S/C23H26N2O6/c26-12-9-24-21(27)16-3-1-15(2-4-16)18-5-6-20-19(13-18)14-30-22(31-20)17-7-10-25(11-8-17)23(28)29/h1-6,13,17,22,26H,7-12,14H2,(H,24,27)(H,28,29). The molecule has 0 bridgehead atoms. The third-order valence-electron chi connectivity index (χ3n) is 5.78. The minimum Gasteiger partial charge on any atom is -0.465 e. The largest absolute Gasteiger partial charge is 0.465 e. The molecule has 0 aliphatic carbocycles. The van der Waals surface area contributed by atoms with Gasteiger partial charge in [-0.2, -0.15) is 0 Å². The average molecular weight is 426 g/mol. The fourth-order valence-corrected chi connectivity index (χ4v) is 4.00. The summed E-state index contributed by atoms with van der Waals surface area (Å²) in [5, 5.41) is 20.5. The van der Waals surface area contributed by atoms with Crippen molar-refractivity contribution in [1.82, 2.24) is 10.2 Å². The minimum atomic E-state index is -0.874. The molecule has 2 aromatic rings. The zero-order valence-corrected chi connectivity index (χ0v) is 17.1. The van der Waals surface area contributed by atoms with E-state index in [-0.39, 0.29) is 31.3 Å². The first-order valence-electron chi connectivity index (χ1n) is 10.4. The van der Waals surface area contributed by atoms with Gasteiger partial charge in [-0.25, -0.2) is 4.79 Å². The lowest BCUT2D eigenvalue weighted by Crippen LogP contribution is -2.43. The van der Waals surface area contributed by atoms with Crippen molar-refractivity contribution in [2.24, 2.45) is 5.92 Å². The molecule has 1 saturated heterocycles. The van der Waals surface area contributed by atoms with Gasteiger partial charge >= 0.3 is 6.09 Å². The predicted molar refractivity (Wildman–Crippen MR) is 113 cm³/mol. The number of carbonyl (C=O) groups is 2. The highest BCUT2D eigenvalue weighted by atomic mass is 16.7. The first-order valence-corrected chi connectivity index (χ1v) is 10.4. The van der Waals surface area contributed by atoms with Crippen LogP contribution in [-0.4, -0.2) is 59.6 Å². The number of amides is 2. The SMILES string of the molecule is O=C(NCCO)c1ccc(-c2ccc3c(c2)COC(C2CCN(C(=O)O)CC2)O3)cc1. The summed E-state index contributed by atoms with van der Waals surface area (Å²) in [6.45, 7) is 1.58. The van der Waals surface area contributed by atoms with Gasteiger partial charge in [-0.05, 0) is 48.2 Å². The van der Waals surface area contributed by atoms with Gasteiger partial charge in [0, 0.05) is 36.7 Å². The number of likely N-dealkylation sites (tertiary alicyclic amines) is 1. The highest BCUT2D eigenvalue weighted by Gasteiger charge is 2.33. The van der Waals surface area contributed by atoms with Gasteiger partial charge in [0.05, 0.1) is 13.2 Å². The number of ether oxygens (including phenoxy) is 2. The molecule has 1 fully saturated rings. The lowest BCUT2D eigenvalue weighted by atomic mass is 9.95. The first kappa shape index (κ1) is 21.1. The monoisotopic (exact) mass is 426 g/mol. The molecule has 164 valence electrons. The molecular weight excluding hydrogens is 400 g/mol. The Kier molecular flexibility index (Phi) is 6.39. The van der Waals surface area contributed by atoms with Gasteiger partial charge in [-0.15, -0.1) is 0 Å². The van der Waals surface area contributed by atoms with Crippen LogP contribution in [-0.2, 0) is 11.3 Å². The second-order valence-electron chi connectivity index (χ2n) is 7.78. The molecule has 2 aliphatic rings. The highest BCUT2D eigenvalue weighted by Crippen LogP contribution is 2.35. The van der Waals surface area contributed by atoms with Gasteiger partial charge in [0.2, 0.25) is 6.29 Å². The van der Waals surface area contributed by atoms with Crippen molar-refractivity contribution in [3.8, 4) is 16.9 Å². The summed E-state index contributed by atoms with van der Waals surface area (Å²) in [4.78, 5) is 24.5. The van der Waals surface area contributed by atoms with Crippen LogP contribution in [0.15, 0.2) is 42.5 Å². The third-order valence-corrected chi connectivity index (χ3v) is 5.78. The zero-order chi connectivity index (χ0) is 21.8. The molecule has 2 heterocycles. The fourth-order valence-electron chi connectivity index (χ4n) is 4.00. The van der Waals surface area contributed by atoms with Crippen LogP contribution >= 0.6 is 0 Å². The van der Waals surface area contributed by atoms with E-state index in [2.05, 4.69) is 5.32 Å². The van der Waals surface area contributed by atoms with E-state index in [1.54, 1.807) is 12.1 Å². The van der Waals surface area contributed by atoms with Crippen molar-refractivity contribution >= 4 is 12.0 Å². The van der Waals surface area contributed by atoms with Crippen LogP contribution in [0.5, 0.6) is 5.75 Å². The number of aliphatic hydroxyl groups is 1. The molecular formula is C23H26N2O6. The van der Waals surface area contributed by atoms with Crippen molar-refractivity contribution in [2.75, 3.05) is 26.2 Å². The molecule has 1 atom stereocenters. The van der Waals surface area contributed by atoms with Gasteiger partial charge < -0.3 is 29.9 Å². The second kappa shape index (κ2) is 9.36. The van der Waals surface area contributed by atoms with Crippen LogP contribution in [0.1, 0.15) is 28.8 Å². The third kappa shape index (κ3) is 4.81. The maximum atomic E-state index is 12.0. The van der Waals surface area contributed by atoms with Crippen LogP contribution in [0.3, 0.4) is 0 Å². The quantitative estimate of drug-likeness (QED) is 0.679. The summed E-state index contributed by atoms with van der Waals surface area (Å²) in [6, 6.07) is 13.2. The van der Waals surface area contributed by atoms with Crippen LogP contribution in [0.4, 0.5) is 4.79 Å². The lowest BCUT2D eigenvalue weighted by molar-refractivity contribution is -0.148. The summed E-state index contributed by atoms with van der Waals surface area (Å²) < 4.78 is 12.0. The Hall–Kier alpha value is -3.10. The molecule has 2 aliphatic heterocycles. The summed E-state index contributed by atoms with van der Waals surface area (Å²) in [6.07, 6.45) is 0.220. The Morgan fingerprint density at radius 2 is 1.77 bits per heavy atom. The number of carboxylic acid groups (broad SMARTS) is 1. The minimum absolute atomic E-state index is 0.0918. The second-order valence-corrected chi connectivity index (χ2v) is 7.78. The van der Waals surface area contributed by atoms with Gasteiger partial charge in [0.15, 0.2) is 0 Å². The number of carbonyl (C=O) groups excluding carboxylic acids is 1. The maximum absolute atomic E-state index is 12.0. The average Bonchev–Trinajstić information content (AvgIpc) is 2.82. The summed E-state index contributed by atoms with van der Waals surface area (Å²) in [7, 11) is 0. The van der Waals surface area contributed by atoms with E-state index < -0.39 is 6.09 Å². The van der Waals surface area contributed by atoms with Gasteiger partial charge in [0.1, 0.15) is 5.75 Å². The Morgan fingerprint density at radius 3 is 2.45 bits per heavy atom. The Morgan fingerprint density at radius 1 is 1.06 bits per heavy atom. The number of benzene rings is 2. The Bertz CT molecular complexity index is 938. The smallest absolute Gasteiger partial charge is 0.407 e. The number of aliphatic hydroxyl groups excluding tert-OH is 1. The van der Waals surface area contributed by atoms with E-state index in [0.29, 0.717) is 25.3 Å². The predicted octanol–water partition coefficient (Wildman–Crippen LogP) is 2.70. The van der Waals surface area contributed by atoms with E-state index in [4.69, 9.17) is 19.7 Å². The number of piperidine rings is 1. The summed E-state index contributed by atoms with van der Waals surface area (Å²) in [5.41, 5.74) is 3.48. The molecule has 0 spiro atoms. The van der Waals surface area contributed by atoms with Crippen LogP contribution in [0.2, 0.25) is 0 Å². The first-order chi connectivity index (χ1) is 15.0. The topological polar surface area (TPSA) is 108 Å². The molecule has 0 saturated carbocycles. The van der Waals surface area contributed by atoms with Crippen LogP contribution in [0.25, 0.3) is 11.1 Å². The maximum Gasteiger partial charge on any atom is 0.407 e. The summed E-state index contributed by atoms with van der Waals surface area (Å²) >= 11 is 0. The molecule has 8 nitrogen and oxygen atoms in total. The lowest BCUT2D eigenvalue weighted by Gasteiger charge is -2.36. The number of rotatable bonds is 5. The van der Waals surface area contributed by atoms with E-state index in [1.807, 2.05) is 30.3 Å². The van der Waals surface area contributed by atoms with E-state index in [9.17, 15) is 9.59 Å². The van der Waals surface area contributed by atoms with E-state index in [1.165, 1.54) is 4.90 Å². The normalized spacial score (nSPS) is 18.7. The van der Waals surface area contributed by atoms with Crippen molar-refractivity contribution in [3.63, 3.8) is 0 Å². The number of nitrogens with one attached hydrogen (secondary N) is 1. The van der Waals surface area contributed by atoms with Crippen molar-refractivity contribution in [3.05, 3.63) is 53.6 Å². The Balaban J connectivity index is 1.40. The molecule has 2 aromatic carbocycles. The van der Waals surface area contributed by atoms with Crippen molar-refractivity contribution in [2.45, 2.75) is 25.7 Å². The van der Waals surface area contributed by atoms with Crippen molar-refractivity contribution < 1.29 is 29.3 Å². The number of hydrogen-bond donors (Lipinski definition) is 3. The van der Waals surface area contributed by atoms with Crippen molar-refractivity contribution in [1.29, 1.82) is 0 Å². The zero-order valence-electron chi connectivity index (χ0n) is 17.1. The molecule has 2 amide bonds. The van der Waals surface area contributed by atoms with E-state index in [0.717, 1.165) is 35.3 Å². The summed E-state index contributed by atoms with van der Waals surface area (Å²) in [5.74, 6) is 0.752. The van der Waals surface area contributed by atoms with Gasteiger partial charge in [-0.1, -0.05) is 18.2 Å². The molecule has 1 unspecified atom stereocenters. The molecule has 31 heavy (non-hydrogen) atoms. The van der Waals surface area contributed by atoms with Gasteiger partial charge in [-0.3, -0.25) is 4.79 Å². The number of nitrogens with zero attached hydrogens (tertiary/aromatic N) is 1. The molecule has 8 heteroatoms. The van der Waals surface area contributed by atoms with E-state index >= 15 is 0 Å². The Labute approximate surface area is 180 Å². The van der Waals surface area contributed by atoms with Gasteiger partial charge in [0.25, 0.3) is 5.91 Å². The molecule has 3 N–H and O–H groups in total. The highest BCUT2D eigenvalue weighted by molar-refractivity contribution is 5.94. The molecule has 0 radical (unpaired) electrons. The number of hydrogen-bond acceptors (Lipinski definition) is 5. The number of fused-ring (bicyclic) bond motifs is 1. The fraction of sp³-hybridized carbons (Fsp3) is 0.391.